The van der Waals surface area contributed by atoms with Crippen molar-refractivity contribution in [1.82, 2.24) is 15.2 Å². The number of anilines is 1. The van der Waals surface area contributed by atoms with Crippen LogP contribution >= 0.6 is 0 Å². The van der Waals surface area contributed by atoms with E-state index in [0.29, 0.717) is 13.1 Å². The van der Waals surface area contributed by atoms with Crippen molar-refractivity contribution in [3.63, 3.8) is 0 Å². The lowest BCUT2D eigenvalue weighted by atomic mass is 10.1. The predicted molar refractivity (Wildman–Crippen MR) is 108 cm³/mol. The molecule has 2 amide bonds. The van der Waals surface area contributed by atoms with Crippen molar-refractivity contribution in [3.05, 3.63) is 59.5 Å². The maximum Gasteiger partial charge on any atom is 0.318 e. The van der Waals surface area contributed by atoms with Gasteiger partial charge in [-0.3, -0.25) is 0 Å². The van der Waals surface area contributed by atoms with Gasteiger partial charge in [0, 0.05) is 38.4 Å². The van der Waals surface area contributed by atoms with Crippen LogP contribution in [0.2, 0.25) is 0 Å². The topological polar surface area (TPSA) is 48.5 Å². The van der Waals surface area contributed by atoms with Crippen LogP contribution in [0.3, 0.4) is 0 Å². The third-order valence-electron chi connectivity index (χ3n) is 5.45. The van der Waals surface area contributed by atoms with Crippen molar-refractivity contribution in [2.24, 2.45) is 0 Å². The molecule has 1 aromatic heterocycles. The van der Waals surface area contributed by atoms with Gasteiger partial charge in [-0.05, 0) is 67.5 Å². The Morgan fingerprint density at radius 3 is 2.57 bits per heavy atom. The van der Waals surface area contributed by atoms with Crippen molar-refractivity contribution in [2.75, 3.05) is 18.0 Å². The van der Waals surface area contributed by atoms with Crippen molar-refractivity contribution in [3.8, 4) is 0 Å². The summed E-state index contributed by atoms with van der Waals surface area (Å²) >= 11 is 0. The second-order valence-corrected chi connectivity index (χ2v) is 7.71. The van der Waals surface area contributed by atoms with E-state index in [1.165, 1.54) is 31.4 Å². The van der Waals surface area contributed by atoms with Gasteiger partial charge < -0.3 is 15.1 Å². The SMILES string of the molecule is O=C(NCc1ccnc(N2CCCCC2)c1)N(Cc1ccc(F)cc1)C1CC1. The quantitative estimate of drug-likeness (QED) is 0.819. The van der Waals surface area contributed by atoms with Gasteiger partial charge in [0.2, 0.25) is 0 Å². The van der Waals surface area contributed by atoms with Gasteiger partial charge in [0.05, 0.1) is 0 Å². The molecule has 148 valence electrons. The maximum atomic E-state index is 13.1. The number of benzene rings is 1. The number of nitrogens with zero attached hydrogens (tertiary/aromatic N) is 3. The number of rotatable bonds is 6. The number of urea groups is 1. The smallest absolute Gasteiger partial charge is 0.318 e. The summed E-state index contributed by atoms with van der Waals surface area (Å²) in [4.78, 5) is 21.4. The molecule has 1 aliphatic heterocycles. The molecular formula is C22H27FN4O. The highest BCUT2D eigenvalue weighted by atomic mass is 19.1. The van der Waals surface area contributed by atoms with Crippen molar-refractivity contribution < 1.29 is 9.18 Å². The van der Waals surface area contributed by atoms with Gasteiger partial charge in [0.15, 0.2) is 0 Å². The zero-order valence-electron chi connectivity index (χ0n) is 16.1. The van der Waals surface area contributed by atoms with E-state index in [1.807, 2.05) is 17.2 Å². The van der Waals surface area contributed by atoms with Crippen LogP contribution in [-0.4, -0.2) is 35.0 Å². The molecule has 2 fully saturated rings. The standard InChI is InChI=1S/C22H27FN4O/c23-19-6-4-17(5-7-19)16-27(20-8-9-20)22(28)25-15-18-10-11-24-21(14-18)26-12-2-1-3-13-26/h4-7,10-11,14,20H,1-3,8-9,12-13,15-16H2,(H,25,28). The van der Waals surface area contributed by atoms with E-state index < -0.39 is 0 Å². The van der Waals surface area contributed by atoms with E-state index in [9.17, 15) is 9.18 Å². The molecule has 0 atom stereocenters. The molecule has 5 nitrogen and oxygen atoms in total. The average molecular weight is 382 g/mol. The molecule has 0 unspecified atom stereocenters. The van der Waals surface area contributed by atoms with Crippen molar-refractivity contribution >= 4 is 11.8 Å². The summed E-state index contributed by atoms with van der Waals surface area (Å²) in [5.41, 5.74) is 2.00. The van der Waals surface area contributed by atoms with Crippen LogP contribution < -0.4 is 10.2 Å². The Kier molecular flexibility index (Phi) is 5.74. The Morgan fingerprint density at radius 2 is 1.86 bits per heavy atom. The third kappa shape index (κ3) is 4.80. The molecular weight excluding hydrogens is 355 g/mol. The fourth-order valence-corrected chi connectivity index (χ4v) is 3.69. The first-order valence-corrected chi connectivity index (χ1v) is 10.2. The van der Waals surface area contributed by atoms with Gasteiger partial charge in [-0.15, -0.1) is 0 Å². The molecule has 1 aromatic carbocycles. The lowest BCUT2D eigenvalue weighted by Crippen LogP contribution is -2.40. The van der Waals surface area contributed by atoms with Crippen LogP contribution in [0.15, 0.2) is 42.6 Å². The van der Waals surface area contributed by atoms with Crippen LogP contribution in [0.5, 0.6) is 0 Å². The third-order valence-corrected chi connectivity index (χ3v) is 5.45. The van der Waals surface area contributed by atoms with Gasteiger partial charge in [-0.25, -0.2) is 14.2 Å². The molecule has 0 spiro atoms. The molecule has 0 bridgehead atoms. The summed E-state index contributed by atoms with van der Waals surface area (Å²) in [5.74, 6) is 0.741. The maximum absolute atomic E-state index is 13.1. The largest absolute Gasteiger partial charge is 0.357 e. The highest BCUT2D eigenvalue weighted by Crippen LogP contribution is 2.28. The molecule has 1 saturated heterocycles. The van der Waals surface area contributed by atoms with Gasteiger partial charge in [0.1, 0.15) is 11.6 Å². The van der Waals surface area contributed by atoms with Crippen molar-refractivity contribution in [1.29, 1.82) is 0 Å². The number of carbonyl (C=O) groups excluding carboxylic acids is 1. The summed E-state index contributed by atoms with van der Waals surface area (Å²) in [6, 6.07) is 10.6. The fraction of sp³-hybridized carbons (Fsp3) is 0.455. The second-order valence-electron chi connectivity index (χ2n) is 7.71. The number of halogens is 1. The van der Waals surface area contributed by atoms with E-state index >= 15 is 0 Å². The molecule has 4 rings (SSSR count). The number of carbonyl (C=O) groups is 1. The number of hydrogen-bond donors (Lipinski definition) is 1. The Labute approximate surface area is 165 Å². The number of aromatic nitrogens is 1. The summed E-state index contributed by atoms with van der Waals surface area (Å²) in [7, 11) is 0. The first kappa shape index (κ1) is 18.7. The van der Waals surface area contributed by atoms with Crippen molar-refractivity contribution in [2.45, 2.75) is 51.2 Å². The Balaban J connectivity index is 1.36. The number of pyridine rings is 1. The number of piperidine rings is 1. The van der Waals surface area contributed by atoms with Gasteiger partial charge in [0.25, 0.3) is 0 Å². The second kappa shape index (κ2) is 8.59. The monoisotopic (exact) mass is 382 g/mol. The minimum atomic E-state index is -0.256. The molecule has 2 aromatic rings. The Morgan fingerprint density at radius 1 is 1.11 bits per heavy atom. The molecule has 2 aliphatic rings. The van der Waals surface area contributed by atoms with Gasteiger partial charge in [-0.1, -0.05) is 12.1 Å². The van der Waals surface area contributed by atoms with E-state index in [4.69, 9.17) is 0 Å². The van der Waals surface area contributed by atoms with Crippen LogP contribution in [0.25, 0.3) is 0 Å². The lowest BCUT2D eigenvalue weighted by Gasteiger charge is -2.28. The summed E-state index contributed by atoms with van der Waals surface area (Å²) < 4.78 is 13.1. The molecule has 1 aliphatic carbocycles. The van der Waals surface area contributed by atoms with E-state index in [2.05, 4.69) is 21.3 Å². The number of nitrogens with one attached hydrogen (secondary N) is 1. The number of hydrogen-bond acceptors (Lipinski definition) is 3. The minimum Gasteiger partial charge on any atom is -0.357 e. The van der Waals surface area contributed by atoms with Crippen LogP contribution in [0.1, 0.15) is 43.2 Å². The van der Waals surface area contributed by atoms with E-state index in [1.54, 1.807) is 12.1 Å². The highest BCUT2D eigenvalue weighted by molar-refractivity contribution is 5.75. The lowest BCUT2D eigenvalue weighted by molar-refractivity contribution is 0.191. The van der Waals surface area contributed by atoms with Crippen LogP contribution in [0.4, 0.5) is 15.0 Å². The number of amides is 2. The van der Waals surface area contributed by atoms with E-state index in [-0.39, 0.29) is 17.9 Å². The summed E-state index contributed by atoms with van der Waals surface area (Å²) in [6.45, 7) is 3.09. The van der Waals surface area contributed by atoms with Gasteiger partial charge >= 0.3 is 6.03 Å². The first-order valence-electron chi connectivity index (χ1n) is 10.2. The van der Waals surface area contributed by atoms with E-state index in [0.717, 1.165) is 42.9 Å². The van der Waals surface area contributed by atoms with Gasteiger partial charge in [-0.2, -0.15) is 0 Å². The average Bonchev–Trinajstić information content (AvgIpc) is 3.58. The Bertz CT molecular complexity index is 800. The first-order chi connectivity index (χ1) is 13.7. The summed E-state index contributed by atoms with van der Waals surface area (Å²) in [5, 5.41) is 3.05. The predicted octanol–water partition coefficient (Wildman–Crippen LogP) is 4.09. The molecule has 2 heterocycles. The van der Waals surface area contributed by atoms with Crippen LogP contribution in [-0.2, 0) is 13.1 Å². The molecule has 6 heteroatoms. The fourth-order valence-electron chi connectivity index (χ4n) is 3.69. The normalized spacial score (nSPS) is 16.7. The highest BCUT2D eigenvalue weighted by Gasteiger charge is 2.32. The summed E-state index contributed by atoms with van der Waals surface area (Å²) in [6.07, 6.45) is 7.59. The zero-order valence-corrected chi connectivity index (χ0v) is 16.1. The molecule has 0 radical (unpaired) electrons. The zero-order chi connectivity index (χ0) is 19.3. The van der Waals surface area contributed by atoms with Crippen LogP contribution in [0, 0.1) is 5.82 Å². The molecule has 1 N–H and O–H groups in total. The molecule has 28 heavy (non-hydrogen) atoms. The minimum absolute atomic E-state index is 0.0665. The molecule has 1 saturated carbocycles. The Hall–Kier alpha value is -2.63.